The van der Waals surface area contributed by atoms with Crippen LogP contribution >= 0.6 is 11.8 Å². The minimum Gasteiger partial charge on any atom is -0.497 e. The molecule has 0 aliphatic carbocycles. The van der Waals surface area contributed by atoms with Gasteiger partial charge in [0.1, 0.15) is 11.5 Å². The van der Waals surface area contributed by atoms with Gasteiger partial charge in [-0.1, -0.05) is 17.8 Å². The molecule has 2 atom stereocenters. The minimum atomic E-state index is -2.98. The molecule has 1 fully saturated rings. The van der Waals surface area contributed by atoms with Crippen molar-refractivity contribution in [2.75, 3.05) is 37.6 Å². The van der Waals surface area contributed by atoms with E-state index in [1.165, 1.54) is 11.8 Å². The van der Waals surface area contributed by atoms with Crippen LogP contribution in [0.15, 0.2) is 47.5 Å². The van der Waals surface area contributed by atoms with Crippen LogP contribution in [-0.2, 0) is 16.3 Å². The second kappa shape index (κ2) is 9.41. The van der Waals surface area contributed by atoms with Crippen molar-refractivity contribution in [2.24, 2.45) is 4.99 Å². The number of amides is 1. The molecule has 0 spiro atoms. The van der Waals surface area contributed by atoms with E-state index in [4.69, 9.17) is 9.47 Å². The summed E-state index contributed by atoms with van der Waals surface area (Å²) in [5.41, 5.74) is 2.21. The minimum absolute atomic E-state index is 0.0254. The number of carbonyl (C=O) groups is 1. The highest BCUT2D eigenvalue weighted by atomic mass is 32.2. The van der Waals surface area contributed by atoms with Gasteiger partial charge in [-0.15, -0.1) is 0 Å². The zero-order valence-corrected chi connectivity index (χ0v) is 19.5. The highest BCUT2D eigenvalue weighted by Crippen LogP contribution is 2.34. The smallest absolute Gasteiger partial charge is 0.251 e. The van der Waals surface area contributed by atoms with E-state index in [2.05, 4.69) is 15.6 Å². The normalized spacial score (nSPS) is 20.9. The second-order valence-electron chi connectivity index (χ2n) is 7.62. The maximum absolute atomic E-state index is 12.6. The lowest BCUT2D eigenvalue weighted by atomic mass is 10.1. The van der Waals surface area contributed by atoms with Crippen molar-refractivity contribution in [3.05, 3.63) is 53.6 Å². The van der Waals surface area contributed by atoms with Crippen molar-refractivity contribution in [3.63, 3.8) is 0 Å². The van der Waals surface area contributed by atoms with Gasteiger partial charge in [0, 0.05) is 23.0 Å². The molecule has 32 heavy (non-hydrogen) atoms. The Balaban J connectivity index is 1.34. The van der Waals surface area contributed by atoms with Gasteiger partial charge in [0.25, 0.3) is 5.91 Å². The topological polar surface area (TPSA) is 106 Å². The quantitative estimate of drug-likeness (QED) is 0.633. The van der Waals surface area contributed by atoms with E-state index in [0.717, 1.165) is 22.7 Å². The van der Waals surface area contributed by atoms with Gasteiger partial charge in [-0.25, -0.2) is 8.42 Å². The molecule has 1 saturated heterocycles. The largest absolute Gasteiger partial charge is 0.497 e. The third-order valence-electron chi connectivity index (χ3n) is 5.36. The first-order chi connectivity index (χ1) is 15.4. The van der Waals surface area contributed by atoms with Crippen LogP contribution in [0, 0.1) is 0 Å². The van der Waals surface area contributed by atoms with Crippen LogP contribution in [0.3, 0.4) is 0 Å². The van der Waals surface area contributed by atoms with Crippen LogP contribution in [0.1, 0.15) is 15.9 Å². The first kappa shape index (κ1) is 22.5. The zero-order chi connectivity index (χ0) is 22.7. The van der Waals surface area contributed by atoms with Crippen LogP contribution in [-0.4, -0.2) is 63.1 Å². The average Bonchev–Trinajstić information content (AvgIpc) is 3.26. The third kappa shape index (κ3) is 5.18. The maximum Gasteiger partial charge on any atom is 0.251 e. The molecule has 0 bridgehead atoms. The maximum atomic E-state index is 12.6. The van der Waals surface area contributed by atoms with E-state index < -0.39 is 9.84 Å². The van der Waals surface area contributed by atoms with E-state index >= 15 is 0 Å². The van der Waals surface area contributed by atoms with Gasteiger partial charge in [-0.05, 0) is 48.4 Å². The molecule has 10 heteroatoms. The molecule has 170 valence electrons. The number of anilines is 1. The predicted octanol–water partition coefficient (Wildman–Crippen LogP) is 2.36. The van der Waals surface area contributed by atoms with Crippen molar-refractivity contribution in [3.8, 4) is 11.5 Å². The molecule has 2 aromatic carbocycles. The van der Waals surface area contributed by atoms with E-state index in [0.29, 0.717) is 23.7 Å². The number of nitrogens with zero attached hydrogens (tertiary/aromatic N) is 1. The summed E-state index contributed by atoms with van der Waals surface area (Å²) in [6.45, 7) is 0.445. The Morgan fingerprint density at radius 1 is 1.16 bits per heavy atom. The summed E-state index contributed by atoms with van der Waals surface area (Å²) in [5, 5.41) is 6.81. The average molecular weight is 476 g/mol. The highest BCUT2D eigenvalue weighted by Gasteiger charge is 2.42. The number of fused-ring (bicyclic) bond motifs is 1. The van der Waals surface area contributed by atoms with Crippen molar-refractivity contribution >= 4 is 38.4 Å². The highest BCUT2D eigenvalue weighted by molar-refractivity contribution is 8.15. The number of carbonyl (C=O) groups excluding carboxylic acids is 1. The lowest BCUT2D eigenvalue weighted by Gasteiger charge is -2.12. The second-order valence-corrected chi connectivity index (χ2v) is 11.0. The van der Waals surface area contributed by atoms with Crippen molar-refractivity contribution in [1.82, 2.24) is 5.32 Å². The molecular formula is C22H25N3O5S2. The number of nitrogens with one attached hydrogen (secondary N) is 2. The van der Waals surface area contributed by atoms with Gasteiger partial charge in [-0.2, -0.15) is 0 Å². The summed E-state index contributed by atoms with van der Waals surface area (Å²) in [4.78, 5) is 17.1. The van der Waals surface area contributed by atoms with Gasteiger partial charge in [0.2, 0.25) is 0 Å². The van der Waals surface area contributed by atoms with E-state index in [9.17, 15) is 13.2 Å². The zero-order valence-electron chi connectivity index (χ0n) is 17.8. The molecular weight excluding hydrogens is 450 g/mol. The lowest BCUT2D eigenvalue weighted by Crippen LogP contribution is -2.26. The summed E-state index contributed by atoms with van der Waals surface area (Å²) in [6.07, 6.45) is 0.600. The number of hydrogen-bond acceptors (Lipinski definition) is 8. The SMILES string of the molecule is COc1ccc(OC)c(CCNC(=O)c2cccc(NC3=N[C@@H]4CS(=O)(=O)C[C@@H]4S3)c2)c1. The number of amidine groups is 1. The standard InChI is InChI=1S/C22H25N3O5S2/c1-29-17-6-7-19(30-2)14(11-17)8-9-23-21(26)15-4-3-5-16(10-15)24-22-25-18-12-32(27,28)13-20(18)31-22/h3-7,10-11,18,20H,8-9,12-13H2,1-2H3,(H,23,26)(H,24,25)/t18-,20+/m1/s1. The molecule has 0 unspecified atom stereocenters. The van der Waals surface area contributed by atoms with Crippen LogP contribution < -0.4 is 20.1 Å². The molecule has 2 aliphatic heterocycles. The number of hydrogen-bond donors (Lipinski definition) is 2. The molecule has 1 amide bonds. The third-order valence-corrected chi connectivity index (χ3v) is 8.50. The molecule has 0 radical (unpaired) electrons. The Morgan fingerprint density at radius 3 is 2.75 bits per heavy atom. The number of sulfone groups is 1. The van der Waals surface area contributed by atoms with Crippen LogP contribution in [0.4, 0.5) is 5.69 Å². The molecule has 2 heterocycles. The van der Waals surface area contributed by atoms with Crippen LogP contribution in [0.5, 0.6) is 11.5 Å². The Bertz CT molecular complexity index is 1150. The summed E-state index contributed by atoms with van der Waals surface area (Å²) < 4.78 is 34.1. The van der Waals surface area contributed by atoms with Crippen LogP contribution in [0.2, 0.25) is 0 Å². The van der Waals surface area contributed by atoms with Gasteiger partial charge in [0.05, 0.1) is 31.8 Å². The number of methoxy groups -OCH3 is 2. The molecule has 2 aromatic rings. The first-order valence-electron chi connectivity index (χ1n) is 10.2. The summed E-state index contributed by atoms with van der Waals surface area (Å²) in [7, 11) is 0.241. The molecule has 0 saturated carbocycles. The molecule has 0 aromatic heterocycles. The van der Waals surface area contributed by atoms with E-state index in [-0.39, 0.29) is 28.7 Å². The predicted molar refractivity (Wildman–Crippen MR) is 127 cm³/mol. The van der Waals surface area contributed by atoms with Gasteiger partial charge < -0.3 is 20.1 Å². The molecule has 4 rings (SSSR count). The number of thioether (sulfide) groups is 1. The van der Waals surface area contributed by atoms with Crippen molar-refractivity contribution in [2.45, 2.75) is 17.7 Å². The molecule has 8 nitrogen and oxygen atoms in total. The summed E-state index contributed by atoms with van der Waals surface area (Å²) in [6, 6.07) is 12.5. The fourth-order valence-electron chi connectivity index (χ4n) is 3.77. The number of benzene rings is 2. The molecule has 2 aliphatic rings. The first-order valence-corrected chi connectivity index (χ1v) is 12.9. The summed E-state index contributed by atoms with van der Waals surface area (Å²) >= 11 is 1.45. The van der Waals surface area contributed by atoms with Gasteiger partial charge in [-0.3, -0.25) is 9.79 Å². The fourth-order valence-corrected chi connectivity index (χ4v) is 7.44. The number of rotatable bonds is 7. The van der Waals surface area contributed by atoms with Crippen molar-refractivity contribution < 1.29 is 22.7 Å². The number of ether oxygens (including phenoxy) is 2. The fraction of sp³-hybridized carbons (Fsp3) is 0.364. The Hall–Kier alpha value is -2.72. The summed E-state index contributed by atoms with van der Waals surface area (Å²) in [5.74, 6) is 1.58. The van der Waals surface area contributed by atoms with E-state index in [1.807, 2.05) is 24.3 Å². The Kier molecular flexibility index (Phi) is 6.61. The lowest BCUT2D eigenvalue weighted by molar-refractivity contribution is 0.0954. The van der Waals surface area contributed by atoms with Crippen molar-refractivity contribution in [1.29, 1.82) is 0 Å². The van der Waals surface area contributed by atoms with Crippen LogP contribution in [0.25, 0.3) is 0 Å². The van der Waals surface area contributed by atoms with E-state index in [1.54, 1.807) is 32.4 Å². The van der Waals surface area contributed by atoms with Gasteiger partial charge >= 0.3 is 0 Å². The Labute approximate surface area is 191 Å². The van der Waals surface area contributed by atoms with Gasteiger partial charge in [0.15, 0.2) is 15.0 Å². The number of aliphatic imine (C=N–C) groups is 1. The monoisotopic (exact) mass is 475 g/mol. The molecule has 2 N–H and O–H groups in total. The Morgan fingerprint density at radius 2 is 2.00 bits per heavy atom.